The van der Waals surface area contributed by atoms with Crippen LogP contribution in [0, 0.1) is 0 Å². The number of aromatic nitrogens is 2. The maximum atomic E-state index is 12.3. The number of nitrogens with zero attached hydrogens (tertiary/aromatic N) is 2. The van der Waals surface area contributed by atoms with Crippen molar-refractivity contribution in [3.05, 3.63) is 101 Å². The van der Waals surface area contributed by atoms with Crippen molar-refractivity contribution in [3.63, 3.8) is 0 Å². The Morgan fingerprint density at radius 1 is 0.733 bits per heavy atom. The second kappa shape index (κ2) is 7.89. The number of benzene rings is 3. The smallest absolute Gasteiger partial charge is 0.265 e. The van der Waals surface area contributed by atoms with Crippen LogP contribution in [0.4, 0.5) is 5.69 Å². The summed E-state index contributed by atoms with van der Waals surface area (Å²) in [6.07, 6.45) is 0. The molecule has 0 aliphatic carbocycles. The van der Waals surface area contributed by atoms with Gasteiger partial charge in [-0.3, -0.25) is 4.79 Å². The summed E-state index contributed by atoms with van der Waals surface area (Å²) in [5.41, 5.74) is 4.47. The number of carbonyl (C=O) groups excluding carboxylic acids is 1. The van der Waals surface area contributed by atoms with E-state index < -0.39 is 0 Å². The molecule has 30 heavy (non-hydrogen) atoms. The van der Waals surface area contributed by atoms with E-state index in [-0.39, 0.29) is 5.91 Å². The van der Waals surface area contributed by atoms with Gasteiger partial charge in [-0.05, 0) is 29.6 Å². The van der Waals surface area contributed by atoms with Crippen molar-refractivity contribution in [1.82, 2.24) is 9.97 Å². The number of carbonyl (C=O) groups is 1. The first-order valence-corrected chi connectivity index (χ1v) is 10.4. The Labute approximate surface area is 177 Å². The Bertz CT molecular complexity index is 1310. The van der Waals surface area contributed by atoms with E-state index in [1.165, 1.54) is 11.3 Å². The molecule has 5 aromatic rings. The summed E-state index contributed by atoms with van der Waals surface area (Å²) in [5, 5.41) is 5.82. The summed E-state index contributed by atoms with van der Waals surface area (Å²) in [4.78, 5) is 22.6. The maximum Gasteiger partial charge on any atom is 0.265 e. The van der Waals surface area contributed by atoms with Gasteiger partial charge in [0.2, 0.25) is 0 Å². The van der Waals surface area contributed by atoms with Crippen molar-refractivity contribution in [2.24, 2.45) is 0 Å². The lowest BCUT2D eigenvalue weighted by molar-refractivity contribution is 0.103. The number of para-hydroxylation sites is 1. The normalized spacial score (nSPS) is 10.8. The Balaban J connectivity index is 1.53. The van der Waals surface area contributed by atoms with E-state index in [0.717, 1.165) is 33.4 Å². The van der Waals surface area contributed by atoms with Crippen molar-refractivity contribution in [2.45, 2.75) is 0 Å². The number of amides is 1. The Kier molecular flexibility index (Phi) is 4.79. The van der Waals surface area contributed by atoms with Crippen LogP contribution < -0.4 is 5.32 Å². The number of fused-ring (bicyclic) bond motifs is 1. The first-order valence-electron chi connectivity index (χ1n) is 9.55. The van der Waals surface area contributed by atoms with E-state index in [2.05, 4.69) is 5.32 Å². The first-order chi connectivity index (χ1) is 14.8. The van der Waals surface area contributed by atoms with E-state index in [9.17, 15) is 4.79 Å². The molecule has 0 radical (unpaired) electrons. The molecule has 2 heterocycles. The number of rotatable bonds is 4. The van der Waals surface area contributed by atoms with Gasteiger partial charge in [0.05, 0.1) is 16.1 Å². The van der Waals surface area contributed by atoms with Gasteiger partial charge < -0.3 is 5.32 Å². The van der Waals surface area contributed by atoms with Crippen molar-refractivity contribution in [2.75, 3.05) is 5.32 Å². The minimum Gasteiger partial charge on any atom is -0.321 e. The molecule has 4 nitrogen and oxygen atoms in total. The second-order valence-corrected chi connectivity index (χ2v) is 7.74. The lowest BCUT2D eigenvalue weighted by Gasteiger charge is -2.10. The minimum atomic E-state index is -0.100. The molecule has 0 bridgehead atoms. The van der Waals surface area contributed by atoms with Gasteiger partial charge in [0, 0.05) is 22.2 Å². The molecule has 1 N–H and O–H groups in total. The highest BCUT2D eigenvalue weighted by atomic mass is 32.1. The zero-order valence-corrected chi connectivity index (χ0v) is 16.8. The fourth-order valence-corrected chi connectivity index (χ4v) is 3.94. The highest BCUT2D eigenvalue weighted by Gasteiger charge is 2.12. The van der Waals surface area contributed by atoms with E-state index in [0.29, 0.717) is 10.7 Å². The molecule has 3 aromatic carbocycles. The number of hydrogen-bond donors (Lipinski definition) is 1. The van der Waals surface area contributed by atoms with E-state index in [4.69, 9.17) is 9.97 Å². The summed E-state index contributed by atoms with van der Waals surface area (Å²) in [6, 6.07) is 29.4. The summed E-state index contributed by atoms with van der Waals surface area (Å²) in [6.45, 7) is 0. The molecule has 0 unspecified atom stereocenters. The Hall–Kier alpha value is -3.83. The molecule has 0 aliphatic rings. The van der Waals surface area contributed by atoms with Gasteiger partial charge in [-0.15, -0.1) is 11.3 Å². The predicted octanol–water partition coefficient (Wildman–Crippen LogP) is 6.28. The van der Waals surface area contributed by atoms with Gasteiger partial charge in [-0.25, -0.2) is 9.97 Å². The quantitative estimate of drug-likeness (QED) is 0.382. The van der Waals surface area contributed by atoms with Crippen molar-refractivity contribution in [3.8, 4) is 22.6 Å². The zero-order valence-electron chi connectivity index (χ0n) is 15.9. The molecular formula is C25H17N3OS. The monoisotopic (exact) mass is 407 g/mol. The van der Waals surface area contributed by atoms with Crippen LogP contribution in [-0.2, 0) is 0 Å². The van der Waals surface area contributed by atoms with Gasteiger partial charge in [0.1, 0.15) is 0 Å². The van der Waals surface area contributed by atoms with Crippen molar-refractivity contribution < 1.29 is 4.79 Å². The third kappa shape index (κ3) is 3.58. The molecule has 5 heteroatoms. The average molecular weight is 407 g/mol. The topological polar surface area (TPSA) is 54.9 Å². The standard InChI is InChI=1S/C25H17N3OS/c29-25(22-11-6-16-30-22)26-19-14-12-17(13-15-19)23-20-9-4-5-10-21(20)27-24(28-23)18-7-2-1-3-8-18/h1-16H,(H,26,29). The molecule has 0 saturated carbocycles. The average Bonchev–Trinajstić information content (AvgIpc) is 3.35. The van der Waals surface area contributed by atoms with Gasteiger partial charge in [-0.1, -0.05) is 66.7 Å². The molecule has 2 aromatic heterocycles. The van der Waals surface area contributed by atoms with Gasteiger partial charge >= 0.3 is 0 Å². The third-order valence-corrected chi connectivity index (χ3v) is 5.67. The molecule has 1 amide bonds. The fourth-order valence-electron chi connectivity index (χ4n) is 3.32. The molecule has 0 spiro atoms. The summed E-state index contributed by atoms with van der Waals surface area (Å²) in [5.74, 6) is 0.593. The lowest BCUT2D eigenvalue weighted by atomic mass is 10.1. The SMILES string of the molecule is O=C(Nc1ccc(-c2nc(-c3ccccc3)nc3ccccc23)cc1)c1cccs1. The predicted molar refractivity (Wildman–Crippen MR) is 123 cm³/mol. The van der Waals surface area contributed by atoms with E-state index in [1.54, 1.807) is 0 Å². The summed E-state index contributed by atoms with van der Waals surface area (Å²) in [7, 11) is 0. The molecule has 0 fully saturated rings. The van der Waals surface area contributed by atoms with Crippen LogP contribution in [-0.4, -0.2) is 15.9 Å². The van der Waals surface area contributed by atoms with Crippen LogP contribution in [0.5, 0.6) is 0 Å². The van der Waals surface area contributed by atoms with Gasteiger partial charge in [0.15, 0.2) is 5.82 Å². The fraction of sp³-hybridized carbons (Fsp3) is 0. The van der Waals surface area contributed by atoms with Crippen LogP contribution >= 0.6 is 11.3 Å². The van der Waals surface area contributed by atoms with Crippen LogP contribution in [0.3, 0.4) is 0 Å². The molecule has 5 rings (SSSR count). The lowest BCUT2D eigenvalue weighted by Crippen LogP contribution is -2.09. The molecule has 0 aliphatic heterocycles. The largest absolute Gasteiger partial charge is 0.321 e. The third-order valence-electron chi connectivity index (χ3n) is 4.80. The molecule has 144 valence electrons. The van der Waals surface area contributed by atoms with Crippen molar-refractivity contribution >= 4 is 33.8 Å². The molecule has 0 atom stereocenters. The molecular weight excluding hydrogens is 390 g/mol. The van der Waals surface area contributed by atoms with Crippen molar-refractivity contribution in [1.29, 1.82) is 0 Å². The number of hydrogen-bond acceptors (Lipinski definition) is 4. The van der Waals surface area contributed by atoms with Crippen LogP contribution in [0.2, 0.25) is 0 Å². The summed E-state index contributed by atoms with van der Waals surface area (Å²) >= 11 is 1.42. The van der Waals surface area contributed by atoms with Crippen LogP contribution in [0.15, 0.2) is 96.4 Å². The Morgan fingerprint density at radius 3 is 2.27 bits per heavy atom. The van der Waals surface area contributed by atoms with Gasteiger partial charge in [0.25, 0.3) is 5.91 Å². The highest BCUT2D eigenvalue weighted by Crippen LogP contribution is 2.29. The number of anilines is 1. The zero-order chi connectivity index (χ0) is 20.3. The van der Waals surface area contributed by atoms with Crippen LogP contribution in [0.25, 0.3) is 33.5 Å². The number of nitrogens with one attached hydrogen (secondary N) is 1. The Morgan fingerprint density at radius 2 is 1.50 bits per heavy atom. The van der Waals surface area contributed by atoms with Gasteiger partial charge in [-0.2, -0.15) is 0 Å². The second-order valence-electron chi connectivity index (χ2n) is 6.79. The van der Waals surface area contributed by atoms with E-state index >= 15 is 0 Å². The van der Waals surface area contributed by atoms with Crippen LogP contribution in [0.1, 0.15) is 9.67 Å². The van der Waals surface area contributed by atoms with E-state index in [1.807, 2.05) is 96.4 Å². The number of thiophene rings is 1. The maximum absolute atomic E-state index is 12.3. The highest BCUT2D eigenvalue weighted by molar-refractivity contribution is 7.12. The molecule has 0 saturated heterocycles. The first kappa shape index (κ1) is 18.2. The minimum absolute atomic E-state index is 0.100. The summed E-state index contributed by atoms with van der Waals surface area (Å²) < 4.78 is 0.